The van der Waals surface area contributed by atoms with Crippen LogP contribution >= 0.6 is 0 Å². The van der Waals surface area contributed by atoms with Crippen LogP contribution in [-0.2, 0) is 33.8 Å². The molecule has 1 atom stereocenters. The lowest BCUT2D eigenvalue weighted by Gasteiger charge is -2.30. The van der Waals surface area contributed by atoms with Gasteiger partial charge in [0.25, 0.3) is 5.91 Å². The Morgan fingerprint density at radius 3 is 2.74 bits per heavy atom. The molecule has 7 heteroatoms. The van der Waals surface area contributed by atoms with Gasteiger partial charge in [0.2, 0.25) is 5.91 Å². The fourth-order valence-corrected chi connectivity index (χ4v) is 4.32. The maximum Gasteiger partial charge on any atom is 0.254 e. The number of aromatic nitrogens is 1. The summed E-state index contributed by atoms with van der Waals surface area (Å²) >= 11 is 0. The highest BCUT2D eigenvalue weighted by molar-refractivity contribution is 5.92. The minimum absolute atomic E-state index is 0.138. The molecule has 0 saturated carbocycles. The number of nitrogens with one attached hydrogen (secondary N) is 1. The van der Waals surface area contributed by atoms with E-state index in [4.69, 9.17) is 4.74 Å². The van der Waals surface area contributed by atoms with Gasteiger partial charge >= 0.3 is 0 Å². The number of hydrogen-bond donors (Lipinski definition) is 1. The van der Waals surface area contributed by atoms with Crippen LogP contribution in [0.2, 0.25) is 0 Å². The Hall–Kier alpha value is -3.84. The highest BCUT2D eigenvalue weighted by atomic mass is 19.1. The fraction of sp³-hybridized carbons (Fsp3) is 0.250. The summed E-state index contributed by atoms with van der Waals surface area (Å²) in [7, 11) is 1.52. The molecule has 1 N–H and O–H groups in total. The number of pyridine rings is 1. The molecule has 180 valence electrons. The Labute approximate surface area is 204 Å². The van der Waals surface area contributed by atoms with Crippen molar-refractivity contribution in [2.75, 3.05) is 13.7 Å². The number of carbonyl (C=O) groups is 2. The summed E-state index contributed by atoms with van der Waals surface area (Å²) < 4.78 is 18.8. The average molecular weight is 474 g/mol. The van der Waals surface area contributed by atoms with Crippen LogP contribution in [0.25, 0.3) is 6.08 Å². The van der Waals surface area contributed by atoms with Crippen LogP contribution in [0, 0.1) is 12.7 Å². The van der Waals surface area contributed by atoms with Gasteiger partial charge in [-0.1, -0.05) is 42.5 Å². The van der Waals surface area contributed by atoms with Gasteiger partial charge in [0.05, 0.1) is 0 Å². The van der Waals surface area contributed by atoms with Gasteiger partial charge < -0.3 is 15.0 Å². The molecule has 35 heavy (non-hydrogen) atoms. The van der Waals surface area contributed by atoms with E-state index >= 15 is 0 Å². The molecule has 3 aromatic rings. The molecular weight excluding hydrogens is 445 g/mol. The van der Waals surface area contributed by atoms with E-state index in [9.17, 15) is 14.0 Å². The fourth-order valence-electron chi connectivity index (χ4n) is 4.32. The topological polar surface area (TPSA) is 71.5 Å². The number of nitrogens with zero attached hydrogens (tertiary/aromatic N) is 2. The van der Waals surface area contributed by atoms with Gasteiger partial charge in [0.1, 0.15) is 5.82 Å². The van der Waals surface area contributed by atoms with E-state index < -0.39 is 6.10 Å². The Morgan fingerprint density at radius 1 is 1.20 bits per heavy atom. The van der Waals surface area contributed by atoms with Crippen molar-refractivity contribution in [1.82, 2.24) is 15.2 Å². The summed E-state index contributed by atoms with van der Waals surface area (Å²) in [5, 5.41) is 2.99. The maximum absolute atomic E-state index is 13.4. The van der Waals surface area contributed by atoms with Gasteiger partial charge in [-0.3, -0.25) is 14.6 Å². The van der Waals surface area contributed by atoms with Gasteiger partial charge in [-0.2, -0.15) is 0 Å². The van der Waals surface area contributed by atoms with Gasteiger partial charge in [-0.25, -0.2) is 4.39 Å². The van der Waals surface area contributed by atoms with Crippen LogP contribution in [0.15, 0.2) is 66.9 Å². The van der Waals surface area contributed by atoms with Crippen LogP contribution in [0.3, 0.4) is 0 Å². The molecule has 0 bridgehead atoms. The van der Waals surface area contributed by atoms with Crippen molar-refractivity contribution in [2.45, 2.75) is 32.5 Å². The predicted octanol–water partition coefficient (Wildman–Crippen LogP) is 4.13. The third-order valence-electron chi connectivity index (χ3n) is 6.19. The molecule has 0 spiro atoms. The highest BCUT2D eigenvalue weighted by Gasteiger charge is 2.24. The first kappa shape index (κ1) is 24.3. The van der Waals surface area contributed by atoms with Crippen molar-refractivity contribution in [2.24, 2.45) is 0 Å². The number of methoxy groups -OCH3 is 1. The number of ether oxygens (including phenoxy) is 1. The first-order valence-corrected chi connectivity index (χ1v) is 11.5. The van der Waals surface area contributed by atoms with E-state index in [1.54, 1.807) is 29.3 Å². The van der Waals surface area contributed by atoms with Gasteiger partial charge in [0.15, 0.2) is 6.10 Å². The van der Waals surface area contributed by atoms with Gasteiger partial charge in [0, 0.05) is 44.7 Å². The second-order valence-electron chi connectivity index (χ2n) is 8.47. The molecule has 1 aromatic heterocycles. The van der Waals surface area contributed by atoms with Crippen molar-refractivity contribution in [3.05, 3.63) is 106 Å². The third kappa shape index (κ3) is 5.81. The number of halogens is 1. The first-order chi connectivity index (χ1) is 17.0. The van der Waals surface area contributed by atoms with E-state index in [2.05, 4.69) is 10.3 Å². The summed E-state index contributed by atoms with van der Waals surface area (Å²) in [6.45, 7) is 3.24. The average Bonchev–Trinajstić information content (AvgIpc) is 2.87. The van der Waals surface area contributed by atoms with Crippen LogP contribution in [0.5, 0.6) is 0 Å². The lowest BCUT2D eigenvalue weighted by atomic mass is 9.94. The largest absolute Gasteiger partial charge is 0.367 e. The second-order valence-corrected chi connectivity index (χ2v) is 8.47. The Balaban J connectivity index is 1.44. The molecule has 6 nitrogen and oxygen atoms in total. The smallest absolute Gasteiger partial charge is 0.254 e. The number of benzene rings is 2. The molecule has 1 aliphatic rings. The number of fused-ring (bicyclic) bond motifs is 1. The minimum atomic E-state index is -0.693. The minimum Gasteiger partial charge on any atom is -0.367 e. The summed E-state index contributed by atoms with van der Waals surface area (Å²) in [6, 6.07) is 15.5. The standard InChI is InChI=1S/C28H28FN3O3/c1-19-25(17-31-28(34)27(35-2)21-8-4-3-5-9-21)24-13-14-32(18-22(24)16-30-19)26(33)12-11-20-7-6-10-23(29)15-20/h3-12,15-16,27H,13-14,17-18H2,1-2H3,(H,31,34)/b12-11+/t27-/m0/s1. The number of amides is 2. The van der Waals surface area contributed by atoms with Crippen LogP contribution < -0.4 is 5.32 Å². The summed E-state index contributed by atoms with van der Waals surface area (Å²) in [5.74, 6) is -0.694. The molecule has 2 aromatic carbocycles. The van der Waals surface area contributed by atoms with Crippen molar-refractivity contribution < 1.29 is 18.7 Å². The van der Waals surface area contributed by atoms with Gasteiger partial charge in [-0.15, -0.1) is 0 Å². The van der Waals surface area contributed by atoms with E-state index in [1.165, 1.54) is 25.3 Å². The summed E-state index contributed by atoms with van der Waals surface area (Å²) in [5.41, 5.74) is 5.33. The molecule has 2 heterocycles. The van der Waals surface area contributed by atoms with Crippen LogP contribution in [0.4, 0.5) is 4.39 Å². The number of rotatable bonds is 7. The molecule has 0 radical (unpaired) electrons. The monoisotopic (exact) mass is 473 g/mol. The summed E-state index contributed by atoms with van der Waals surface area (Å²) in [6.07, 6.45) is 4.86. The molecule has 2 amide bonds. The summed E-state index contributed by atoms with van der Waals surface area (Å²) in [4.78, 5) is 31.8. The first-order valence-electron chi connectivity index (χ1n) is 11.5. The number of carbonyl (C=O) groups excluding carboxylic acids is 2. The molecule has 4 rings (SSSR count). The zero-order chi connectivity index (χ0) is 24.8. The Kier molecular flexibility index (Phi) is 7.67. The normalized spacial score (nSPS) is 14.0. The molecule has 0 saturated heterocycles. The third-order valence-corrected chi connectivity index (χ3v) is 6.19. The zero-order valence-corrected chi connectivity index (χ0v) is 19.8. The van der Waals surface area contributed by atoms with Crippen molar-refractivity contribution in [3.63, 3.8) is 0 Å². The van der Waals surface area contributed by atoms with E-state index in [0.29, 0.717) is 31.6 Å². The molecule has 0 unspecified atom stereocenters. The van der Waals surface area contributed by atoms with E-state index in [1.807, 2.05) is 37.3 Å². The Morgan fingerprint density at radius 2 is 2.00 bits per heavy atom. The molecular formula is C28H28FN3O3. The molecule has 1 aliphatic heterocycles. The van der Waals surface area contributed by atoms with Crippen molar-refractivity contribution in [3.8, 4) is 0 Å². The number of aryl methyl sites for hydroxylation is 1. The van der Waals surface area contributed by atoms with Crippen LogP contribution in [0.1, 0.15) is 39.6 Å². The SMILES string of the molecule is CO[C@H](C(=O)NCc1c(C)ncc2c1CCN(C(=O)/C=C/c1cccc(F)c1)C2)c1ccccc1. The maximum atomic E-state index is 13.4. The van der Waals surface area contributed by atoms with Crippen molar-refractivity contribution in [1.29, 1.82) is 0 Å². The van der Waals surface area contributed by atoms with E-state index in [-0.39, 0.29) is 17.6 Å². The van der Waals surface area contributed by atoms with Gasteiger partial charge in [-0.05, 0) is 59.4 Å². The second kappa shape index (κ2) is 11.1. The lowest BCUT2D eigenvalue weighted by Crippen LogP contribution is -2.36. The van der Waals surface area contributed by atoms with Crippen LogP contribution in [-0.4, -0.2) is 35.4 Å². The number of hydrogen-bond acceptors (Lipinski definition) is 4. The lowest BCUT2D eigenvalue weighted by molar-refractivity contribution is -0.131. The highest BCUT2D eigenvalue weighted by Crippen LogP contribution is 2.25. The zero-order valence-electron chi connectivity index (χ0n) is 19.8. The molecule has 0 aliphatic carbocycles. The Bertz CT molecular complexity index is 1240. The predicted molar refractivity (Wildman–Crippen MR) is 132 cm³/mol. The molecule has 0 fully saturated rings. The van der Waals surface area contributed by atoms with E-state index in [0.717, 1.165) is 27.9 Å². The van der Waals surface area contributed by atoms with Crippen molar-refractivity contribution >= 4 is 17.9 Å². The quantitative estimate of drug-likeness (QED) is 0.524.